The van der Waals surface area contributed by atoms with Crippen LogP contribution in [0.3, 0.4) is 0 Å². The van der Waals surface area contributed by atoms with Crippen molar-refractivity contribution < 1.29 is 28.6 Å². The second-order valence-electron chi connectivity index (χ2n) is 6.12. The quantitative estimate of drug-likeness (QED) is 0.595. The van der Waals surface area contributed by atoms with E-state index in [2.05, 4.69) is 5.32 Å². The lowest BCUT2D eigenvalue weighted by Gasteiger charge is -2.26. The molecule has 0 atom stereocenters. The second-order valence-corrected chi connectivity index (χ2v) is 6.12. The number of nitrogens with one attached hydrogen (secondary N) is 1. The SMILES string of the molecule is COc1ccc(C=C2C(=O)NC(=O)N(Cc3ccccc3)C2=O)c(OC)c1OC. The first kappa shape index (κ1) is 19.9. The van der Waals surface area contributed by atoms with Gasteiger partial charge in [0, 0.05) is 5.56 Å². The molecular weight excluding hydrogens is 376 g/mol. The summed E-state index contributed by atoms with van der Waals surface area (Å²) in [4.78, 5) is 38.5. The molecule has 0 saturated carbocycles. The van der Waals surface area contributed by atoms with Gasteiger partial charge >= 0.3 is 6.03 Å². The van der Waals surface area contributed by atoms with Gasteiger partial charge in [-0.05, 0) is 23.8 Å². The van der Waals surface area contributed by atoms with Crippen molar-refractivity contribution in [1.29, 1.82) is 0 Å². The Balaban J connectivity index is 2.01. The summed E-state index contributed by atoms with van der Waals surface area (Å²) in [7, 11) is 4.38. The third-order valence-corrected chi connectivity index (χ3v) is 4.40. The fourth-order valence-electron chi connectivity index (χ4n) is 3.00. The highest BCUT2D eigenvalue weighted by Gasteiger charge is 2.36. The molecule has 8 nitrogen and oxygen atoms in total. The molecule has 3 rings (SSSR count). The van der Waals surface area contributed by atoms with E-state index in [1.807, 2.05) is 6.07 Å². The number of hydrogen-bond acceptors (Lipinski definition) is 6. The minimum Gasteiger partial charge on any atom is -0.493 e. The zero-order valence-electron chi connectivity index (χ0n) is 16.2. The molecule has 0 aliphatic carbocycles. The van der Waals surface area contributed by atoms with Crippen LogP contribution in [0.15, 0.2) is 48.0 Å². The number of hydrogen-bond donors (Lipinski definition) is 1. The van der Waals surface area contributed by atoms with E-state index < -0.39 is 17.8 Å². The van der Waals surface area contributed by atoms with Crippen LogP contribution in [0, 0.1) is 0 Å². The van der Waals surface area contributed by atoms with Gasteiger partial charge in [-0.15, -0.1) is 0 Å². The van der Waals surface area contributed by atoms with Crippen molar-refractivity contribution in [3.63, 3.8) is 0 Å². The zero-order valence-corrected chi connectivity index (χ0v) is 16.2. The molecule has 1 aliphatic heterocycles. The summed E-state index contributed by atoms with van der Waals surface area (Å²) in [5.41, 5.74) is 0.997. The normalized spacial score (nSPS) is 15.3. The van der Waals surface area contributed by atoms with E-state index in [0.29, 0.717) is 22.8 Å². The maximum atomic E-state index is 12.9. The lowest BCUT2D eigenvalue weighted by molar-refractivity contribution is -0.130. The van der Waals surface area contributed by atoms with E-state index >= 15 is 0 Å². The average molecular weight is 396 g/mol. The molecule has 1 heterocycles. The number of nitrogens with zero attached hydrogens (tertiary/aromatic N) is 1. The Morgan fingerprint density at radius 3 is 2.21 bits per heavy atom. The highest BCUT2D eigenvalue weighted by atomic mass is 16.5. The van der Waals surface area contributed by atoms with Crippen molar-refractivity contribution in [3.05, 3.63) is 59.2 Å². The Kier molecular flexibility index (Phi) is 5.82. The molecule has 1 fully saturated rings. The van der Waals surface area contributed by atoms with Gasteiger partial charge in [0.25, 0.3) is 11.8 Å². The van der Waals surface area contributed by atoms with Gasteiger partial charge in [-0.1, -0.05) is 30.3 Å². The molecule has 4 amide bonds. The summed E-state index contributed by atoms with van der Waals surface area (Å²) in [6.45, 7) is 0.0409. The van der Waals surface area contributed by atoms with Crippen LogP contribution in [-0.4, -0.2) is 44.1 Å². The summed E-state index contributed by atoms with van der Waals surface area (Å²) >= 11 is 0. The van der Waals surface area contributed by atoms with Crippen molar-refractivity contribution >= 4 is 23.9 Å². The zero-order chi connectivity index (χ0) is 21.0. The van der Waals surface area contributed by atoms with Crippen LogP contribution in [0.2, 0.25) is 0 Å². The molecule has 0 spiro atoms. The molecule has 1 saturated heterocycles. The van der Waals surface area contributed by atoms with Crippen LogP contribution in [0.4, 0.5) is 4.79 Å². The first-order valence-electron chi connectivity index (χ1n) is 8.72. The van der Waals surface area contributed by atoms with Crippen LogP contribution >= 0.6 is 0 Å². The number of rotatable bonds is 6. The number of methoxy groups -OCH3 is 3. The summed E-state index contributed by atoms with van der Waals surface area (Å²) < 4.78 is 16.0. The van der Waals surface area contributed by atoms with Gasteiger partial charge in [-0.25, -0.2) is 4.79 Å². The van der Waals surface area contributed by atoms with Gasteiger partial charge < -0.3 is 14.2 Å². The molecule has 0 unspecified atom stereocenters. The number of carbonyl (C=O) groups is 3. The van der Waals surface area contributed by atoms with E-state index in [4.69, 9.17) is 14.2 Å². The number of barbiturate groups is 1. The average Bonchev–Trinajstić information content (AvgIpc) is 2.74. The smallest absolute Gasteiger partial charge is 0.331 e. The van der Waals surface area contributed by atoms with Crippen molar-refractivity contribution in [2.24, 2.45) is 0 Å². The summed E-state index contributed by atoms with van der Waals surface area (Å²) in [5.74, 6) is -0.413. The minimum absolute atomic E-state index is 0.0409. The highest BCUT2D eigenvalue weighted by molar-refractivity contribution is 6.31. The molecule has 0 radical (unpaired) electrons. The number of ether oxygens (including phenoxy) is 3. The molecule has 1 N–H and O–H groups in total. The molecule has 29 heavy (non-hydrogen) atoms. The minimum atomic E-state index is -0.777. The first-order chi connectivity index (χ1) is 14.0. The summed E-state index contributed by atoms with van der Waals surface area (Å²) in [5, 5.41) is 2.20. The van der Waals surface area contributed by atoms with Crippen molar-refractivity contribution in [2.75, 3.05) is 21.3 Å². The molecule has 8 heteroatoms. The second kappa shape index (κ2) is 8.47. The number of imide groups is 2. The Morgan fingerprint density at radius 1 is 0.897 bits per heavy atom. The Morgan fingerprint density at radius 2 is 1.59 bits per heavy atom. The van der Waals surface area contributed by atoms with Gasteiger partial charge in [0.05, 0.1) is 27.9 Å². The monoisotopic (exact) mass is 396 g/mol. The Labute approximate surface area is 167 Å². The number of carbonyl (C=O) groups excluding carboxylic acids is 3. The van der Waals surface area contributed by atoms with Gasteiger partial charge in [0.2, 0.25) is 5.75 Å². The van der Waals surface area contributed by atoms with Crippen LogP contribution in [-0.2, 0) is 16.1 Å². The standard InChI is InChI=1S/C21H20N2O6/c1-27-16-10-9-14(17(28-2)18(16)29-3)11-15-19(24)22-21(26)23(20(15)25)12-13-7-5-4-6-8-13/h4-11H,12H2,1-3H3,(H,22,24,26). The molecule has 150 valence electrons. The topological polar surface area (TPSA) is 94.2 Å². The maximum Gasteiger partial charge on any atom is 0.331 e. The molecule has 2 aromatic carbocycles. The third kappa shape index (κ3) is 3.91. The van der Waals surface area contributed by atoms with Crippen LogP contribution in [0.1, 0.15) is 11.1 Å². The summed E-state index contributed by atoms with van der Waals surface area (Å²) in [6.07, 6.45) is 1.36. The van der Waals surface area contributed by atoms with Crippen LogP contribution in [0.5, 0.6) is 17.2 Å². The van der Waals surface area contributed by atoms with Gasteiger partial charge in [0.15, 0.2) is 11.5 Å². The molecule has 1 aliphatic rings. The van der Waals surface area contributed by atoms with E-state index in [9.17, 15) is 14.4 Å². The fourth-order valence-corrected chi connectivity index (χ4v) is 3.00. The fraction of sp³-hybridized carbons (Fsp3) is 0.190. The van der Waals surface area contributed by atoms with Crippen molar-refractivity contribution in [3.8, 4) is 17.2 Å². The van der Waals surface area contributed by atoms with Gasteiger partial charge in [-0.3, -0.25) is 19.8 Å². The molecule has 0 aromatic heterocycles. The van der Waals surface area contributed by atoms with E-state index in [1.165, 1.54) is 27.4 Å². The number of amides is 4. The molecular formula is C21H20N2O6. The number of urea groups is 1. The van der Waals surface area contributed by atoms with Crippen molar-refractivity contribution in [2.45, 2.75) is 6.54 Å². The van der Waals surface area contributed by atoms with Gasteiger partial charge in [0.1, 0.15) is 5.57 Å². The maximum absolute atomic E-state index is 12.9. The lowest BCUT2D eigenvalue weighted by atomic mass is 10.0. The lowest BCUT2D eigenvalue weighted by Crippen LogP contribution is -2.53. The predicted molar refractivity (Wildman–Crippen MR) is 105 cm³/mol. The molecule has 2 aromatic rings. The molecule has 0 bridgehead atoms. The number of benzene rings is 2. The first-order valence-corrected chi connectivity index (χ1v) is 8.72. The largest absolute Gasteiger partial charge is 0.493 e. The van der Waals surface area contributed by atoms with Crippen molar-refractivity contribution in [1.82, 2.24) is 10.2 Å². The van der Waals surface area contributed by atoms with Gasteiger partial charge in [-0.2, -0.15) is 0 Å². The Bertz CT molecular complexity index is 984. The van der Waals surface area contributed by atoms with E-state index in [1.54, 1.807) is 36.4 Å². The van der Waals surface area contributed by atoms with Crippen LogP contribution in [0.25, 0.3) is 6.08 Å². The van der Waals surface area contributed by atoms with E-state index in [-0.39, 0.29) is 12.1 Å². The predicted octanol–water partition coefficient (Wildman–Crippen LogP) is 2.37. The van der Waals surface area contributed by atoms with E-state index in [0.717, 1.165) is 10.5 Å². The summed E-state index contributed by atoms with van der Waals surface area (Å²) in [6, 6.07) is 11.5. The third-order valence-electron chi connectivity index (χ3n) is 4.40. The highest BCUT2D eigenvalue weighted by Crippen LogP contribution is 2.40. The van der Waals surface area contributed by atoms with Crippen LogP contribution < -0.4 is 19.5 Å². The Hall–Kier alpha value is -3.81.